The van der Waals surface area contributed by atoms with E-state index >= 15 is 0 Å². The van der Waals surface area contributed by atoms with Crippen molar-refractivity contribution >= 4 is 22.1 Å². The van der Waals surface area contributed by atoms with Crippen LogP contribution in [-0.4, -0.2) is 30.0 Å². The minimum atomic E-state index is 0.692. The number of fused-ring (bicyclic) bond motifs is 2. The minimum Gasteiger partial charge on any atom is -0.240 e. The van der Waals surface area contributed by atoms with Gasteiger partial charge >= 0.3 is 0 Å². The third-order valence-corrected chi connectivity index (χ3v) is 6.94. The van der Waals surface area contributed by atoms with Crippen LogP contribution in [0.2, 0.25) is 0 Å². The maximum atomic E-state index is 4.32. The van der Waals surface area contributed by atoms with Crippen molar-refractivity contribution in [1.82, 2.24) is 30.0 Å². The van der Waals surface area contributed by atoms with Gasteiger partial charge < -0.3 is 0 Å². The average Bonchev–Trinajstić information content (AvgIpc) is 3.58. The number of benzene rings is 5. The summed E-state index contributed by atoms with van der Waals surface area (Å²) in [6.45, 7) is 1.38. The van der Waals surface area contributed by atoms with Crippen molar-refractivity contribution in [3.63, 3.8) is 0 Å². The molecule has 0 aliphatic rings. The maximum Gasteiger partial charge on any atom is 0.113 e. The first kappa shape index (κ1) is 22.1. The smallest absolute Gasteiger partial charge is 0.113 e. The molecular weight excluding hydrogens is 468 g/mol. The molecule has 0 spiro atoms. The molecule has 6 heteroatoms. The number of hydrogen-bond donors (Lipinski definition) is 0. The van der Waals surface area contributed by atoms with Gasteiger partial charge in [0.25, 0.3) is 0 Å². The van der Waals surface area contributed by atoms with Crippen molar-refractivity contribution in [3.05, 3.63) is 132 Å². The standard InChI is InChI=1S/C32H24N6/c1-3-10-31-29(8-1)33-35-37(31)21-23-12-16-25(17-13-23)27-6-5-7-28(20-27)26-18-14-24(15-19-26)22-38-32-11-4-2-9-30(32)34-36-38/h1-20H,21-22H2. The predicted molar refractivity (Wildman–Crippen MR) is 151 cm³/mol. The largest absolute Gasteiger partial charge is 0.240 e. The Labute approximate surface area is 219 Å². The van der Waals surface area contributed by atoms with Crippen molar-refractivity contribution in [2.75, 3.05) is 0 Å². The van der Waals surface area contributed by atoms with E-state index in [4.69, 9.17) is 0 Å². The first-order chi connectivity index (χ1) is 18.8. The van der Waals surface area contributed by atoms with E-state index < -0.39 is 0 Å². The molecule has 0 bridgehead atoms. The van der Waals surface area contributed by atoms with Gasteiger partial charge in [0, 0.05) is 0 Å². The SMILES string of the molecule is c1cc(-c2ccc(Cn3nnc4ccccc43)cc2)cc(-c2ccc(Cn3nnc4ccccc43)cc2)c1. The highest BCUT2D eigenvalue weighted by molar-refractivity contribution is 5.75. The van der Waals surface area contributed by atoms with Crippen LogP contribution in [0.3, 0.4) is 0 Å². The first-order valence-electron chi connectivity index (χ1n) is 12.7. The Morgan fingerprint density at radius 3 is 1.34 bits per heavy atom. The lowest BCUT2D eigenvalue weighted by Gasteiger charge is -2.09. The Kier molecular flexibility index (Phi) is 5.48. The highest BCUT2D eigenvalue weighted by Gasteiger charge is 2.07. The first-order valence-corrected chi connectivity index (χ1v) is 12.7. The summed E-state index contributed by atoms with van der Waals surface area (Å²) in [5, 5.41) is 17.2. The van der Waals surface area contributed by atoms with Gasteiger partial charge in [-0.15, -0.1) is 10.2 Å². The molecule has 38 heavy (non-hydrogen) atoms. The number of nitrogens with zero attached hydrogens (tertiary/aromatic N) is 6. The Balaban J connectivity index is 1.08. The van der Waals surface area contributed by atoms with E-state index in [9.17, 15) is 0 Å². The van der Waals surface area contributed by atoms with E-state index in [0.29, 0.717) is 13.1 Å². The molecule has 0 saturated carbocycles. The molecule has 0 amide bonds. The molecule has 2 aromatic heterocycles. The lowest BCUT2D eigenvalue weighted by Crippen LogP contribution is -2.01. The van der Waals surface area contributed by atoms with Crippen LogP contribution in [-0.2, 0) is 13.1 Å². The molecule has 0 fully saturated rings. The quantitative estimate of drug-likeness (QED) is 0.262. The Bertz CT molecular complexity index is 1730. The maximum absolute atomic E-state index is 4.32. The zero-order valence-corrected chi connectivity index (χ0v) is 20.6. The van der Waals surface area contributed by atoms with Crippen LogP contribution in [0.5, 0.6) is 0 Å². The summed E-state index contributed by atoms with van der Waals surface area (Å²) in [7, 11) is 0. The zero-order valence-electron chi connectivity index (χ0n) is 20.6. The van der Waals surface area contributed by atoms with Crippen LogP contribution in [0, 0.1) is 0 Å². The van der Waals surface area contributed by atoms with E-state index in [1.807, 2.05) is 45.8 Å². The van der Waals surface area contributed by atoms with Gasteiger partial charge in [0.15, 0.2) is 0 Å². The molecular formula is C32H24N6. The molecule has 0 aliphatic carbocycles. The molecule has 0 unspecified atom stereocenters. The van der Waals surface area contributed by atoms with Gasteiger partial charge in [-0.05, 0) is 63.7 Å². The van der Waals surface area contributed by atoms with E-state index in [0.717, 1.165) is 22.1 Å². The highest BCUT2D eigenvalue weighted by Crippen LogP contribution is 2.27. The molecule has 5 aromatic carbocycles. The highest BCUT2D eigenvalue weighted by atomic mass is 15.4. The van der Waals surface area contributed by atoms with Crippen molar-refractivity contribution in [1.29, 1.82) is 0 Å². The molecule has 0 aliphatic heterocycles. The molecule has 0 radical (unpaired) electrons. The van der Waals surface area contributed by atoms with Gasteiger partial charge in [-0.25, -0.2) is 9.36 Å². The summed E-state index contributed by atoms with van der Waals surface area (Å²) in [5.41, 5.74) is 11.1. The molecule has 0 N–H and O–H groups in total. The van der Waals surface area contributed by atoms with Crippen LogP contribution in [0.1, 0.15) is 11.1 Å². The van der Waals surface area contributed by atoms with Crippen molar-refractivity contribution in [2.45, 2.75) is 13.1 Å². The third kappa shape index (κ3) is 4.22. The second kappa shape index (κ2) is 9.41. The monoisotopic (exact) mass is 492 g/mol. The van der Waals surface area contributed by atoms with Crippen molar-refractivity contribution < 1.29 is 0 Å². The fourth-order valence-electron chi connectivity index (χ4n) is 4.90. The van der Waals surface area contributed by atoms with E-state index in [1.54, 1.807) is 0 Å². The summed E-state index contributed by atoms with van der Waals surface area (Å²) in [4.78, 5) is 0. The second-order valence-corrected chi connectivity index (χ2v) is 9.45. The lowest BCUT2D eigenvalue weighted by molar-refractivity contribution is 0.670. The molecule has 2 heterocycles. The predicted octanol–water partition coefficient (Wildman–Crippen LogP) is 6.61. The van der Waals surface area contributed by atoms with Gasteiger partial charge in [-0.2, -0.15) is 0 Å². The summed E-state index contributed by atoms with van der Waals surface area (Å²) in [5.74, 6) is 0. The molecule has 182 valence electrons. The van der Waals surface area contributed by atoms with Crippen molar-refractivity contribution in [2.24, 2.45) is 0 Å². The minimum absolute atomic E-state index is 0.692. The second-order valence-electron chi connectivity index (χ2n) is 9.45. The van der Waals surface area contributed by atoms with Crippen LogP contribution in [0.25, 0.3) is 44.3 Å². The molecule has 7 aromatic rings. The van der Waals surface area contributed by atoms with Gasteiger partial charge in [-0.3, -0.25) is 0 Å². The number of para-hydroxylation sites is 2. The lowest BCUT2D eigenvalue weighted by atomic mass is 9.98. The van der Waals surface area contributed by atoms with Gasteiger partial charge in [0.05, 0.1) is 24.1 Å². The Hall–Kier alpha value is -5.10. The summed E-state index contributed by atoms with van der Waals surface area (Å²) < 4.78 is 3.89. The number of aromatic nitrogens is 6. The Morgan fingerprint density at radius 2 is 0.868 bits per heavy atom. The summed E-state index contributed by atoms with van der Waals surface area (Å²) >= 11 is 0. The fourth-order valence-corrected chi connectivity index (χ4v) is 4.90. The van der Waals surface area contributed by atoms with Crippen LogP contribution >= 0.6 is 0 Å². The average molecular weight is 493 g/mol. The van der Waals surface area contributed by atoms with Crippen LogP contribution in [0.15, 0.2) is 121 Å². The number of hydrogen-bond acceptors (Lipinski definition) is 4. The van der Waals surface area contributed by atoms with E-state index in [1.165, 1.54) is 33.4 Å². The van der Waals surface area contributed by atoms with Crippen LogP contribution in [0.4, 0.5) is 0 Å². The van der Waals surface area contributed by atoms with Crippen molar-refractivity contribution in [3.8, 4) is 22.3 Å². The molecule has 6 nitrogen and oxygen atoms in total. The summed E-state index contributed by atoms with van der Waals surface area (Å²) in [6, 6.07) is 42.2. The summed E-state index contributed by atoms with van der Waals surface area (Å²) in [6.07, 6.45) is 0. The van der Waals surface area contributed by atoms with E-state index in [2.05, 4.69) is 106 Å². The Morgan fingerprint density at radius 1 is 0.421 bits per heavy atom. The number of rotatable bonds is 6. The molecule has 7 rings (SSSR count). The fraction of sp³-hybridized carbons (Fsp3) is 0.0625. The van der Waals surface area contributed by atoms with Crippen LogP contribution < -0.4 is 0 Å². The van der Waals surface area contributed by atoms with Gasteiger partial charge in [-0.1, -0.05) is 101 Å². The normalized spacial score (nSPS) is 11.4. The topological polar surface area (TPSA) is 61.4 Å². The van der Waals surface area contributed by atoms with E-state index in [-0.39, 0.29) is 0 Å². The van der Waals surface area contributed by atoms with Gasteiger partial charge in [0.2, 0.25) is 0 Å². The zero-order chi connectivity index (χ0) is 25.3. The molecule has 0 saturated heterocycles. The third-order valence-electron chi connectivity index (χ3n) is 6.94. The molecule has 0 atom stereocenters. The van der Waals surface area contributed by atoms with Gasteiger partial charge in [0.1, 0.15) is 11.0 Å².